The van der Waals surface area contributed by atoms with Gasteiger partial charge < -0.3 is 19.5 Å². The molecule has 5 heteroatoms. The molecule has 0 bridgehead atoms. The summed E-state index contributed by atoms with van der Waals surface area (Å²) in [5.74, 6) is 1.06. The molecule has 0 unspecified atom stereocenters. The number of imidazole rings is 1. The molecule has 1 aromatic carbocycles. The zero-order chi connectivity index (χ0) is 15.8. The third-order valence-electron chi connectivity index (χ3n) is 5.19. The lowest BCUT2D eigenvalue weighted by atomic mass is 10.1. The molecular formula is C18H26N4O. The highest BCUT2D eigenvalue weighted by atomic mass is 16.5. The molecule has 0 amide bonds. The van der Waals surface area contributed by atoms with Gasteiger partial charge in [0.15, 0.2) is 0 Å². The maximum Gasteiger partial charge on any atom is 0.136 e. The van der Waals surface area contributed by atoms with Crippen LogP contribution in [0.25, 0.3) is 11.0 Å². The van der Waals surface area contributed by atoms with Gasteiger partial charge in [-0.3, -0.25) is 0 Å². The summed E-state index contributed by atoms with van der Waals surface area (Å²) in [7, 11) is 2.21. The topological polar surface area (TPSA) is 42.3 Å². The second-order valence-corrected chi connectivity index (χ2v) is 7.04. The summed E-state index contributed by atoms with van der Waals surface area (Å²) < 4.78 is 8.19. The van der Waals surface area contributed by atoms with E-state index in [1.807, 2.05) is 0 Å². The summed E-state index contributed by atoms with van der Waals surface area (Å²) in [5.41, 5.74) is 3.62. The Labute approximate surface area is 137 Å². The summed E-state index contributed by atoms with van der Waals surface area (Å²) in [6.45, 7) is 6.88. The van der Waals surface area contributed by atoms with Gasteiger partial charge in [-0.1, -0.05) is 6.07 Å². The van der Waals surface area contributed by atoms with E-state index in [-0.39, 0.29) is 0 Å². The maximum atomic E-state index is 5.79. The highest BCUT2D eigenvalue weighted by Crippen LogP contribution is 2.26. The van der Waals surface area contributed by atoms with E-state index >= 15 is 0 Å². The molecule has 1 aromatic heterocycles. The van der Waals surface area contributed by atoms with Crippen LogP contribution < -0.4 is 5.32 Å². The molecule has 0 aliphatic carbocycles. The second kappa shape index (κ2) is 6.23. The summed E-state index contributed by atoms with van der Waals surface area (Å²) in [5, 5.41) is 3.77. The average molecular weight is 314 g/mol. The molecular weight excluding hydrogens is 288 g/mol. The number of aromatic nitrogens is 2. The van der Waals surface area contributed by atoms with Crippen molar-refractivity contribution in [2.24, 2.45) is 0 Å². The van der Waals surface area contributed by atoms with Gasteiger partial charge >= 0.3 is 0 Å². The third kappa shape index (κ3) is 3.01. The smallest absolute Gasteiger partial charge is 0.136 e. The quantitative estimate of drug-likeness (QED) is 0.942. The Morgan fingerprint density at radius 3 is 2.96 bits per heavy atom. The van der Waals surface area contributed by atoms with E-state index in [1.165, 1.54) is 37.0 Å². The predicted octanol–water partition coefficient (Wildman–Crippen LogP) is 2.10. The molecule has 5 nitrogen and oxygen atoms in total. The van der Waals surface area contributed by atoms with Gasteiger partial charge in [0.1, 0.15) is 12.4 Å². The van der Waals surface area contributed by atoms with Crippen LogP contribution in [0.5, 0.6) is 0 Å². The van der Waals surface area contributed by atoms with Crippen LogP contribution in [-0.2, 0) is 11.3 Å². The fourth-order valence-corrected chi connectivity index (χ4v) is 3.79. The molecule has 3 heterocycles. The average Bonchev–Trinajstić information content (AvgIpc) is 2.93. The molecule has 4 rings (SSSR count). The number of likely N-dealkylation sites (tertiary alicyclic amines) is 1. The molecule has 1 N–H and O–H groups in total. The van der Waals surface area contributed by atoms with Crippen molar-refractivity contribution in [1.29, 1.82) is 0 Å². The van der Waals surface area contributed by atoms with E-state index in [4.69, 9.17) is 9.72 Å². The van der Waals surface area contributed by atoms with Gasteiger partial charge in [0, 0.05) is 12.6 Å². The number of benzene rings is 1. The molecule has 1 saturated heterocycles. The normalized spacial score (nSPS) is 23.3. The Hall–Kier alpha value is -1.43. The first-order chi connectivity index (χ1) is 11.2. The van der Waals surface area contributed by atoms with E-state index in [9.17, 15) is 0 Å². The zero-order valence-electron chi connectivity index (χ0n) is 14.1. The number of nitrogens with zero attached hydrogens (tertiary/aromatic N) is 3. The summed E-state index contributed by atoms with van der Waals surface area (Å²) in [6.07, 6.45) is 2.47. The molecule has 0 spiro atoms. The lowest BCUT2D eigenvalue weighted by molar-refractivity contribution is 0.0547. The number of fused-ring (bicyclic) bond motifs is 3. The van der Waals surface area contributed by atoms with Gasteiger partial charge in [-0.25, -0.2) is 4.98 Å². The van der Waals surface area contributed by atoms with Crippen LogP contribution in [0, 0.1) is 6.92 Å². The van der Waals surface area contributed by atoms with Crippen molar-refractivity contribution in [3.63, 3.8) is 0 Å². The standard InChI is InChI=1S/C18H26N4O/c1-13-3-4-16-17(9-13)22-15(11-23-12-18(22)20-16)10-19-14-5-7-21(2)8-6-14/h3-4,9,14-15,19H,5-8,10-12H2,1-2H3/t15-/m0/s1. The maximum absolute atomic E-state index is 5.79. The van der Waals surface area contributed by atoms with Crippen LogP contribution in [0.15, 0.2) is 18.2 Å². The number of hydrogen-bond donors (Lipinski definition) is 1. The van der Waals surface area contributed by atoms with Crippen LogP contribution in [0.3, 0.4) is 0 Å². The number of nitrogens with one attached hydrogen (secondary N) is 1. The molecule has 1 fully saturated rings. The molecule has 0 saturated carbocycles. The van der Waals surface area contributed by atoms with Gasteiger partial charge in [0.25, 0.3) is 0 Å². The van der Waals surface area contributed by atoms with E-state index in [0.717, 1.165) is 24.5 Å². The SMILES string of the molecule is Cc1ccc2nc3n(c2c1)[C@@H](CNC1CCN(C)CC1)COC3. The molecule has 1 atom stereocenters. The van der Waals surface area contributed by atoms with Crippen LogP contribution >= 0.6 is 0 Å². The fourth-order valence-electron chi connectivity index (χ4n) is 3.79. The van der Waals surface area contributed by atoms with Gasteiger partial charge in [0.2, 0.25) is 0 Å². The number of ether oxygens (including phenoxy) is 1. The van der Waals surface area contributed by atoms with Crippen molar-refractivity contribution in [1.82, 2.24) is 19.8 Å². The number of piperidine rings is 1. The first kappa shape index (κ1) is 15.1. The second-order valence-electron chi connectivity index (χ2n) is 7.04. The number of aryl methyl sites for hydroxylation is 1. The highest BCUT2D eigenvalue weighted by molar-refractivity contribution is 5.77. The molecule has 2 aromatic rings. The van der Waals surface area contributed by atoms with Gasteiger partial charge in [-0.05, 0) is 57.6 Å². The number of hydrogen-bond acceptors (Lipinski definition) is 4. The van der Waals surface area contributed by atoms with Gasteiger partial charge in [-0.2, -0.15) is 0 Å². The van der Waals surface area contributed by atoms with Crippen molar-refractivity contribution in [2.45, 2.75) is 38.5 Å². The monoisotopic (exact) mass is 314 g/mol. The van der Waals surface area contributed by atoms with Crippen LogP contribution in [0.1, 0.15) is 30.3 Å². The van der Waals surface area contributed by atoms with Gasteiger partial charge in [0.05, 0.1) is 23.7 Å². The van der Waals surface area contributed by atoms with E-state index in [0.29, 0.717) is 18.7 Å². The Balaban J connectivity index is 1.53. The third-order valence-corrected chi connectivity index (χ3v) is 5.19. The summed E-state index contributed by atoms with van der Waals surface area (Å²) in [4.78, 5) is 7.16. The Bertz CT molecular complexity index is 688. The van der Waals surface area contributed by atoms with Crippen molar-refractivity contribution >= 4 is 11.0 Å². The van der Waals surface area contributed by atoms with Crippen molar-refractivity contribution < 1.29 is 4.74 Å². The number of rotatable bonds is 3. The first-order valence-electron chi connectivity index (χ1n) is 8.68. The fraction of sp³-hybridized carbons (Fsp3) is 0.611. The molecule has 0 radical (unpaired) electrons. The first-order valence-corrected chi connectivity index (χ1v) is 8.68. The minimum absolute atomic E-state index is 0.338. The molecule has 23 heavy (non-hydrogen) atoms. The lowest BCUT2D eigenvalue weighted by Crippen LogP contribution is -2.44. The van der Waals surface area contributed by atoms with Crippen LogP contribution in [0.2, 0.25) is 0 Å². The van der Waals surface area contributed by atoms with Crippen LogP contribution in [0.4, 0.5) is 0 Å². The van der Waals surface area contributed by atoms with Crippen molar-refractivity contribution in [3.05, 3.63) is 29.6 Å². The Kier molecular flexibility index (Phi) is 4.09. The minimum atomic E-state index is 0.338. The minimum Gasteiger partial charge on any atom is -0.371 e. The van der Waals surface area contributed by atoms with E-state index < -0.39 is 0 Å². The van der Waals surface area contributed by atoms with Gasteiger partial charge in [-0.15, -0.1) is 0 Å². The summed E-state index contributed by atoms with van der Waals surface area (Å²) >= 11 is 0. The predicted molar refractivity (Wildman–Crippen MR) is 91.7 cm³/mol. The Morgan fingerprint density at radius 2 is 2.13 bits per heavy atom. The van der Waals surface area contributed by atoms with Crippen molar-refractivity contribution in [3.8, 4) is 0 Å². The lowest BCUT2D eigenvalue weighted by Gasteiger charge is -2.32. The van der Waals surface area contributed by atoms with E-state index in [1.54, 1.807) is 0 Å². The Morgan fingerprint density at radius 1 is 1.30 bits per heavy atom. The molecule has 2 aliphatic rings. The highest BCUT2D eigenvalue weighted by Gasteiger charge is 2.25. The molecule has 124 valence electrons. The summed E-state index contributed by atoms with van der Waals surface area (Å²) in [6, 6.07) is 7.48. The van der Waals surface area contributed by atoms with Crippen LogP contribution in [-0.4, -0.2) is 53.8 Å². The zero-order valence-corrected chi connectivity index (χ0v) is 14.1. The molecule has 2 aliphatic heterocycles. The van der Waals surface area contributed by atoms with E-state index in [2.05, 4.69) is 47.0 Å². The largest absolute Gasteiger partial charge is 0.371 e. The van der Waals surface area contributed by atoms with Crippen molar-refractivity contribution in [2.75, 3.05) is 33.3 Å².